The van der Waals surface area contributed by atoms with Gasteiger partial charge in [0.25, 0.3) is 0 Å². The van der Waals surface area contributed by atoms with Gasteiger partial charge in [-0.25, -0.2) is 0 Å². The summed E-state index contributed by atoms with van der Waals surface area (Å²) in [7, 11) is 0. The highest BCUT2D eigenvalue weighted by Crippen LogP contribution is 2.34. The van der Waals surface area contributed by atoms with E-state index in [1.165, 1.54) is 22.3 Å². The maximum absolute atomic E-state index is 11.5. The maximum Gasteiger partial charge on any atom is 0.306 e. The Morgan fingerprint density at radius 3 is 1.98 bits per heavy atom. The van der Waals surface area contributed by atoms with Crippen molar-refractivity contribution in [3.05, 3.63) is 69.4 Å². The Kier molecular flexibility index (Phi) is 16.4. The highest BCUT2D eigenvalue weighted by Gasteiger charge is 2.19. The summed E-state index contributed by atoms with van der Waals surface area (Å²) in [5.41, 5.74) is 8.20. The molecule has 2 rings (SSSR count). The van der Waals surface area contributed by atoms with Crippen molar-refractivity contribution in [2.75, 3.05) is 13.2 Å². The fourth-order valence-electron chi connectivity index (χ4n) is 5.03. The van der Waals surface area contributed by atoms with Crippen LogP contribution in [0.15, 0.2) is 52.7 Å². The highest BCUT2D eigenvalue weighted by molar-refractivity contribution is 5.69. The van der Waals surface area contributed by atoms with Crippen molar-refractivity contribution in [1.29, 1.82) is 0 Å². The summed E-state index contributed by atoms with van der Waals surface area (Å²) in [4.78, 5) is 11.5. The van der Waals surface area contributed by atoms with E-state index in [1.54, 1.807) is 0 Å². The van der Waals surface area contributed by atoms with E-state index in [-0.39, 0.29) is 12.3 Å². The molecular weight excluding hydrogens is 524 g/mol. The molecule has 1 aromatic carbocycles. The van der Waals surface area contributed by atoms with Crippen LogP contribution in [0, 0.1) is 13.8 Å². The van der Waals surface area contributed by atoms with Gasteiger partial charge >= 0.3 is 5.97 Å². The predicted octanol–water partition coefficient (Wildman–Crippen LogP) is 9.93. The van der Waals surface area contributed by atoms with E-state index in [0.717, 1.165) is 93.3 Å². The molecule has 1 aliphatic rings. The van der Waals surface area contributed by atoms with Gasteiger partial charge in [-0.05, 0) is 130 Å². The van der Waals surface area contributed by atoms with Crippen LogP contribution in [0.3, 0.4) is 0 Å². The third-order valence-electron chi connectivity index (χ3n) is 8.09. The van der Waals surface area contributed by atoms with Crippen molar-refractivity contribution >= 4 is 5.97 Å². The van der Waals surface area contributed by atoms with Crippen molar-refractivity contribution in [3.63, 3.8) is 0 Å². The van der Waals surface area contributed by atoms with Crippen LogP contribution in [-0.4, -0.2) is 30.6 Å². The smallest absolute Gasteiger partial charge is 0.306 e. The van der Waals surface area contributed by atoms with Crippen molar-refractivity contribution in [1.82, 2.24) is 0 Å². The van der Waals surface area contributed by atoms with Crippen molar-refractivity contribution in [2.45, 2.75) is 132 Å². The number of esters is 1. The van der Waals surface area contributed by atoms with Gasteiger partial charge in [-0.15, -0.1) is 0 Å². The topological polar surface area (TPSA) is 65.0 Å². The monoisotopic (exact) mass is 580 g/mol. The first-order chi connectivity index (χ1) is 20.1. The number of carbonyl (C=O) groups is 1. The molecule has 1 N–H and O–H groups in total. The molecule has 5 heteroatoms. The van der Waals surface area contributed by atoms with Crippen LogP contribution >= 0.6 is 0 Å². The first kappa shape index (κ1) is 35.4. The Balaban J connectivity index is 1.76. The molecule has 0 saturated carbocycles. The second-order valence-electron chi connectivity index (χ2n) is 11.9. The van der Waals surface area contributed by atoms with Crippen molar-refractivity contribution < 1.29 is 24.1 Å². The fraction of sp³-hybridized carbons (Fsp3) is 0.595. The zero-order valence-corrected chi connectivity index (χ0v) is 27.4. The second-order valence-corrected chi connectivity index (χ2v) is 11.9. The van der Waals surface area contributed by atoms with Crippen molar-refractivity contribution in [3.8, 4) is 11.5 Å². The molecule has 5 nitrogen and oxygen atoms in total. The van der Waals surface area contributed by atoms with E-state index < -0.39 is 0 Å². The van der Waals surface area contributed by atoms with Gasteiger partial charge in [-0.3, -0.25) is 4.79 Å². The van der Waals surface area contributed by atoms with E-state index in [0.29, 0.717) is 25.2 Å². The maximum atomic E-state index is 11.5. The van der Waals surface area contributed by atoms with Gasteiger partial charge in [-0.1, -0.05) is 46.6 Å². The molecule has 1 fully saturated rings. The Labute approximate surface area is 255 Å². The second kappa shape index (κ2) is 19.4. The average Bonchev–Trinajstić information content (AvgIpc) is 2.96. The molecule has 0 bridgehead atoms. The number of ether oxygens (including phenoxy) is 3. The minimum atomic E-state index is -0.192. The molecule has 0 aliphatic carbocycles. The largest absolute Gasteiger partial charge is 0.507 e. The summed E-state index contributed by atoms with van der Waals surface area (Å²) in [6, 6.07) is 1.99. The van der Waals surface area contributed by atoms with E-state index in [2.05, 4.69) is 52.0 Å². The average molecular weight is 581 g/mol. The van der Waals surface area contributed by atoms with Crippen LogP contribution in [-0.2, 0) is 20.7 Å². The number of hydrogen-bond acceptors (Lipinski definition) is 5. The molecular formula is C37H56O5. The molecule has 1 aliphatic heterocycles. The number of aromatic hydroxyl groups is 1. The fourth-order valence-corrected chi connectivity index (χ4v) is 5.03. The van der Waals surface area contributed by atoms with E-state index in [1.807, 2.05) is 26.8 Å². The number of allylic oxidation sites excluding steroid dienone is 8. The van der Waals surface area contributed by atoms with Crippen molar-refractivity contribution in [2.24, 2.45) is 0 Å². The first-order valence-corrected chi connectivity index (χ1v) is 16.0. The summed E-state index contributed by atoms with van der Waals surface area (Å²) in [6.45, 7) is 15.7. The standard InChI is InChI=1S/C37H56O5/c1-8-40-35(38)24-22-30(5)19-13-17-28(3)15-11-14-27(2)16-12-18-29(4)21-23-33-26-34(31(6)32(7)37(33)39)42-36-20-9-10-25-41-36/h15-16,19,21,26,36,39H,8-14,17-18,20,22-25H2,1-7H3/b27-16+,28-15+,29-21?,30-19+. The van der Waals surface area contributed by atoms with Crippen LogP contribution in [0.5, 0.6) is 11.5 Å². The van der Waals surface area contributed by atoms with Gasteiger partial charge in [0.2, 0.25) is 0 Å². The zero-order chi connectivity index (χ0) is 30.9. The number of carbonyl (C=O) groups excluding carboxylic acids is 1. The molecule has 1 heterocycles. The Morgan fingerprint density at radius 1 is 0.857 bits per heavy atom. The molecule has 0 aromatic heterocycles. The van der Waals surface area contributed by atoms with Gasteiger partial charge < -0.3 is 19.3 Å². The van der Waals surface area contributed by atoms with E-state index in [4.69, 9.17) is 14.2 Å². The molecule has 1 saturated heterocycles. The summed E-state index contributed by atoms with van der Waals surface area (Å²) in [5, 5.41) is 10.8. The van der Waals surface area contributed by atoms with E-state index in [9.17, 15) is 9.90 Å². The lowest BCUT2D eigenvalue weighted by atomic mass is 9.99. The van der Waals surface area contributed by atoms with Crippen LogP contribution in [0.2, 0.25) is 0 Å². The number of hydrogen-bond donors (Lipinski definition) is 1. The minimum Gasteiger partial charge on any atom is -0.507 e. The SMILES string of the molecule is CCOC(=O)CC/C(C)=C/CC/C(C)=C/CC/C(C)=C/CCC(C)=CCc1cc(OC2CCCCO2)c(C)c(C)c1O. The van der Waals surface area contributed by atoms with Gasteiger partial charge in [-0.2, -0.15) is 0 Å². The molecule has 234 valence electrons. The zero-order valence-electron chi connectivity index (χ0n) is 27.4. The molecule has 0 amide bonds. The third kappa shape index (κ3) is 13.5. The van der Waals surface area contributed by atoms with Gasteiger partial charge in [0.05, 0.1) is 13.2 Å². The summed E-state index contributed by atoms with van der Waals surface area (Å²) in [6.07, 6.45) is 20.3. The van der Waals surface area contributed by atoms with Crippen LogP contribution in [0.25, 0.3) is 0 Å². The Bertz CT molecular complexity index is 1120. The number of phenolic OH excluding ortho intramolecular Hbond substituents is 1. The van der Waals surface area contributed by atoms with Gasteiger partial charge in [0, 0.05) is 18.4 Å². The Hall–Kier alpha value is -2.79. The van der Waals surface area contributed by atoms with E-state index >= 15 is 0 Å². The van der Waals surface area contributed by atoms with Gasteiger partial charge in [0.1, 0.15) is 11.5 Å². The van der Waals surface area contributed by atoms with Crippen LogP contribution in [0.1, 0.15) is 122 Å². The highest BCUT2D eigenvalue weighted by atomic mass is 16.7. The summed E-state index contributed by atoms with van der Waals surface area (Å²) in [5.74, 6) is 1.07. The lowest BCUT2D eigenvalue weighted by molar-refractivity contribution is -0.143. The van der Waals surface area contributed by atoms with Crippen LogP contribution in [0.4, 0.5) is 0 Å². The number of phenols is 1. The first-order valence-electron chi connectivity index (χ1n) is 16.0. The minimum absolute atomic E-state index is 0.112. The molecule has 0 spiro atoms. The lowest BCUT2D eigenvalue weighted by Gasteiger charge is -2.25. The number of rotatable bonds is 17. The molecule has 1 atom stereocenters. The molecule has 42 heavy (non-hydrogen) atoms. The molecule has 0 radical (unpaired) electrons. The Morgan fingerprint density at radius 2 is 1.43 bits per heavy atom. The van der Waals surface area contributed by atoms with Gasteiger partial charge in [0.15, 0.2) is 6.29 Å². The number of benzene rings is 1. The molecule has 1 aromatic rings. The summed E-state index contributed by atoms with van der Waals surface area (Å²) >= 11 is 0. The van der Waals surface area contributed by atoms with Crippen LogP contribution < -0.4 is 4.74 Å². The normalized spacial score (nSPS) is 17.0. The predicted molar refractivity (Wildman–Crippen MR) is 174 cm³/mol. The molecule has 1 unspecified atom stereocenters. The summed E-state index contributed by atoms with van der Waals surface area (Å²) < 4.78 is 16.9. The third-order valence-corrected chi connectivity index (χ3v) is 8.09. The lowest BCUT2D eigenvalue weighted by Crippen LogP contribution is -2.25. The quantitative estimate of drug-likeness (QED) is 0.147.